The molecule has 0 spiro atoms. The van der Waals surface area contributed by atoms with Crippen molar-refractivity contribution >= 4 is 35.8 Å². The molecule has 0 N–H and O–H groups in total. The smallest absolute Gasteiger partial charge is 0.338 e. The summed E-state index contributed by atoms with van der Waals surface area (Å²) >= 11 is 0. The highest BCUT2D eigenvalue weighted by Crippen LogP contribution is 2.58. The number of ether oxygens (including phenoxy) is 6. The number of hydrogen-bond donors (Lipinski definition) is 0. The molecule has 0 bridgehead atoms. The van der Waals surface area contributed by atoms with Gasteiger partial charge in [0.05, 0.1) is 73.0 Å². The lowest BCUT2D eigenvalue weighted by Crippen LogP contribution is -2.03. The summed E-state index contributed by atoms with van der Waals surface area (Å²) in [7, 11) is 0. The molecule has 0 unspecified atom stereocenters. The Morgan fingerprint density at radius 1 is 0.186 bits per heavy atom. The van der Waals surface area contributed by atoms with Gasteiger partial charge in [0.2, 0.25) is 0 Å². The van der Waals surface area contributed by atoms with Crippen molar-refractivity contribution in [3.8, 4) is 136 Å². The lowest BCUT2D eigenvalue weighted by atomic mass is 9.81. The number of esters is 6. The van der Waals surface area contributed by atoms with Crippen LogP contribution in [0.1, 0.15) is 104 Å². The van der Waals surface area contributed by atoms with Crippen LogP contribution in [0.3, 0.4) is 0 Å². The molecule has 102 heavy (non-hydrogen) atoms. The maximum absolute atomic E-state index is 13.0. The van der Waals surface area contributed by atoms with Crippen LogP contribution in [0.4, 0.5) is 0 Å². The van der Waals surface area contributed by atoms with Gasteiger partial charge in [-0.1, -0.05) is 72.8 Å². The van der Waals surface area contributed by atoms with Gasteiger partial charge in [0.1, 0.15) is 69.1 Å². The summed E-state index contributed by atoms with van der Waals surface area (Å²) in [5.74, 6) is 1.12. The molecule has 0 saturated heterocycles. The maximum Gasteiger partial charge on any atom is 0.338 e. The van der Waals surface area contributed by atoms with Gasteiger partial charge >= 0.3 is 35.8 Å². The number of carbonyl (C=O) groups excluding carboxylic acids is 6. The highest BCUT2D eigenvalue weighted by atomic mass is 16.6. The van der Waals surface area contributed by atoms with E-state index in [1.54, 1.807) is 187 Å². The van der Waals surface area contributed by atoms with Gasteiger partial charge < -0.3 is 54.9 Å². The molecule has 0 aliphatic rings. The van der Waals surface area contributed by atoms with Crippen LogP contribution >= 0.6 is 0 Å². The fourth-order valence-corrected chi connectivity index (χ4v) is 11.9. The molecule has 510 valence electrons. The van der Waals surface area contributed by atoms with Gasteiger partial charge in [-0.15, -0.1) is 0 Å². The molecule has 0 saturated carbocycles. The summed E-state index contributed by atoms with van der Waals surface area (Å²) in [6, 6.07) is 62.9. The van der Waals surface area contributed by atoms with Crippen LogP contribution < -0.4 is 0 Å². The number of benzene rings is 7. The maximum atomic E-state index is 13.0. The Bertz CT molecular complexity index is 4340. The second kappa shape index (κ2) is 30.0. The van der Waals surface area contributed by atoms with Crippen molar-refractivity contribution in [3.63, 3.8) is 0 Å². The van der Waals surface area contributed by atoms with E-state index in [-0.39, 0.29) is 74.2 Å². The Labute approximate surface area is 585 Å². The predicted molar refractivity (Wildman–Crippen MR) is 381 cm³/mol. The number of carbonyl (C=O) groups is 6. The molecule has 6 heterocycles. The first kappa shape index (κ1) is 67.6. The Hall–Kier alpha value is -13.0. The van der Waals surface area contributed by atoms with Gasteiger partial charge in [-0.05, 0) is 187 Å². The molecule has 0 atom stereocenters. The first-order chi connectivity index (χ1) is 49.8. The second-order valence-corrected chi connectivity index (χ2v) is 23.0. The Morgan fingerprint density at radius 3 is 0.422 bits per heavy atom. The molecule has 13 rings (SSSR count). The first-order valence-corrected chi connectivity index (χ1v) is 33.3. The molecule has 0 fully saturated rings. The van der Waals surface area contributed by atoms with Crippen molar-refractivity contribution in [2.75, 3.05) is 39.6 Å². The van der Waals surface area contributed by atoms with Crippen molar-refractivity contribution in [1.29, 1.82) is 0 Å². The average molecular weight is 1360 g/mol. The Balaban J connectivity index is 1.16. The minimum absolute atomic E-state index is 0.188. The lowest BCUT2D eigenvalue weighted by molar-refractivity contribution is 0.0517. The largest absolute Gasteiger partial charge is 0.462 e. The van der Waals surface area contributed by atoms with Gasteiger partial charge in [0, 0.05) is 66.8 Å². The van der Waals surface area contributed by atoms with E-state index in [0.29, 0.717) is 135 Å². The molecule has 0 aliphatic carbocycles. The summed E-state index contributed by atoms with van der Waals surface area (Å²) in [6.45, 7) is 11.6. The van der Waals surface area contributed by atoms with Crippen LogP contribution in [0, 0.1) is 0 Å². The van der Waals surface area contributed by atoms with Gasteiger partial charge in [-0.3, -0.25) is 0 Å². The summed E-state index contributed by atoms with van der Waals surface area (Å²) in [6.07, 6.45) is 0. The highest BCUT2D eigenvalue weighted by Gasteiger charge is 2.37. The van der Waals surface area contributed by atoms with Gasteiger partial charge in [-0.2, -0.15) is 0 Å². The van der Waals surface area contributed by atoms with Crippen LogP contribution in [0.25, 0.3) is 136 Å². The summed E-state index contributed by atoms with van der Waals surface area (Å²) in [5.41, 5.74) is 7.98. The molecule has 0 aliphatic heterocycles. The van der Waals surface area contributed by atoms with E-state index >= 15 is 0 Å². The van der Waals surface area contributed by atoms with E-state index in [1.165, 1.54) is 0 Å². The van der Waals surface area contributed by atoms with Crippen molar-refractivity contribution in [2.24, 2.45) is 0 Å². The summed E-state index contributed by atoms with van der Waals surface area (Å²) in [5, 5.41) is 0. The molecule has 0 amide bonds. The predicted octanol–water partition coefficient (Wildman–Crippen LogP) is 20.3. The number of hydrogen-bond acceptors (Lipinski definition) is 18. The molecule has 18 nitrogen and oxygen atoms in total. The van der Waals surface area contributed by atoms with E-state index in [0.717, 1.165) is 0 Å². The van der Waals surface area contributed by atoms with Crippen LogP contribution in [0.2, 0.25) is 0 Å². The zero-order valence-corrected chi connectivity index (χ0v) is 56.4. The number of rotatable bonds is 24. The zero-order valence-electron chi connectivity index (χ0n) is 56.4. The third kappa shape index (κ3) is 13.9. The molecule has 18 heteroatoms. The van der Waals surface area contributed by atoms with Crippen molar-refractivity contribution in [2.45, 2.75) is 41.5 Å². The van der Waals surface area contributed by atoms with E-state index < -0.39 is 35.8 Å². The quantitative estimate of drug-likeness (QED) is 0.0404. The third-order valence-corrected chi connectivity index (χ3v) is 16.7. The minimum atomic E-state index is -0.487. The second-order valence-electron chi connectivity index (χ2n) is 23.0. The monoisotopic (exact) mass is 1360 g/mol. The van der Waals surface area contributed by atoms with E-state index in [4.69, 9.17) is 54.9 Å². The summed E-state index contributed by atoms with van der Waals surface area (Å²) < 4.78 is 75.3. The first-order valence-electron chi connectivity index (χ1n) is 33.3. The van der Waals surface area contributed by atoms with Crippen LogP contribution in [0.5, 0.6) is 0 Å². The van der Waals surface area contributed by atoms with E-state index in [9.17, 15) is 28.8 Å². The van der Waals surface area contributed by atoms with Gasteiger partial charge in [0.25, 0.3) is 0 Å². The zero-order chi connectivity index (χ0) is 71.0. The SMILES string of the molecule is CCOC(=O)c1ccc(-c2ccc(-c3c(-c4ccc(-c5ccc(C(=O)OCC)cc5)o4)c(-c4ccc(-c5ccc(C(=O)OCC)cc5)o4)c(-c4ccc(-c5ccc(C(=O)OCC)cc5)o4)c(-c4ccc(-c5ccc(C(=O)OCC)cc5)o4)c3-c3ccc(-c4ccc(C(=O)OCC)cc4)o3)o2)cc1. The lowest BCUT2D eigenvalue weighted by Gasteiger charge is -2.23. The molecule has 0 radical (unpaired) electrons. The van der Waals surface area contributed by atoms with E-state index in [1.807, 2.05) is 72.8 Å². The van der Waals surface area contributed by atoms with Crippen molar-refractivity contribution < 1.29 is 83.7 Å². The number of furan rings is 6. The van der Waals surface area contributed by atoms with Crippen LogP contribution in [-0.2, 0) is 28.4 Å². The van der Waals surface area contributed by atoms with Crippen LogP contribution in [0.15, 0.2) is 245 Å². The van der Waals surface area contributed by atoms with E-state index in [2.05, 4.69) is 0 Å². The molecule has 13 aromatic rings. The molecular weight excluding hydrogens is 1300 g/mol. The fraction of sp³-hybridized carbons (Fsp3) is 0.143. The molecular formula is C84H66O18. The average Bonchev–Trinajstić information content (AvgIpc) is 1.40. The summed E-state index contributed by atoms with van der Waals surface area (Å²) in [4.78, 5) is 78.1. The topological polar surface area (TPSA) is 237 Å². The van der Waals surface area contributed by atoms with Crippen LogP contribution in [-0.4, -0.2) is 75.5 Å². The normalized spacial score (nSPS) is 11.1. The highest BCUT2D eigenvalue weighted by molar-refractivity contribution is 6.13. The van der Waals surface area contributed by atoms with Gasteiger partial charge in [0.15, 0.2) is 0 Å². The Kier molecular flexibility index (Phi) is 19.9. The van der Waals surface area contributed by atoms with Crippen molar-refractivity contribution in [3.05, 3.63) is 252 Å². The fourth-order valence-electron chi connectivity index (χ4n) is 11.9. The van der Waals surface area contributed by atoms with Crippen molar-refractivity contribution in [1.82, 2.24) is 0 Å². The van der Waals surface area contributed by atoms with Gasteiger partial charge in [-0.25, -0.2) is 28.8 Å². The molecule has 7 aromatic carbocycles. The molecule has 6 aromatic heterocycles. The standard InChI is InChI=1S/C84H66O18/c1-7-91-79(85)55-25-13-49(14-26-55)61-37-43-67(97-61)73-74(68-44-38-62(98-68)50-15-27-56(28-16-50)80(86)92-8-2)76(70-46-40-64(100-70)52-19-31-58(32-20-52)82(88)94-10-4)78(72-48-42-66(102-72)54-23-35-60(36-24-54)84(90)96-12-6)77(71-47-41-65(101-71)53-21-33-59(34-22-53)83(89)95-11-5)75(73)69-45-39-63(99-69)51-17-29-57(30-18-51)81(87)93-9-3/h13-48H,7-12H2,1-6H3. The Morgan fingerprint density at radius 2 is 0.304 bits per heavy atom. The minimum Gasteiger partial charge on any atom is -0.462 e. The third-order valence-electron chi connectivity index (χ3n) is 16.7.